The molecule has 1 aromatic carbocycles. The topological polar surface area (TPSA) is 52.6 Å². The SMILES string of the molecule is COC(=O)C1CC2(c3cccc(C(F)(F)F)c3)CCC2C[C@@H]1C(=O)OC. The van der Waals surface area contributed by atoms with Crippen molar-refractivity contribution in [3.05, 3.63) is 35.4 Å². The first kappa shape index (κ1) is 18.7. The zero-order chi connectivity index (χ0) is 19.1. The van der Waals surface area contributed by atoms with E-state index in [0.717, 1.165) is 12.5 Å². The molecular weight excluding hydrogens is 349 g/mol. The Bertz CT molecular complexity index is 715. The van der Waals surface area contributed by atoms with Crippen molar-refractivity contribution < 1.29 is 32.2 Å². The fraction of sp³-hybridized carbons (Fsp3) is 0.579. The Morgan fingerprint density at radius 3 is 2.31 bits per heavy atom. The minimum Gasteiger partial charge on any atom is -0.469 e. The van der Waals surface area contributed by atoms with E-state index in [9.17, 15) is 22.8 Å². The van der Waals surface area contributed by atoms with Crippen LogP contribution in [0.4, 0.5) is 13.2 Å². The van der Waals surface area contributed by atoms with E-state index < -0.39 is 40.9 Å². The Balaban J connectivity index is 1.98. The molecule has 2 aliphatic rings. The fourth-order valence-electron chi connectivity index (χ4n) is 4.63. The van der Waals surface area contributed by atoms with Gasteiger partial charge in [0.05, 0.1) is 31.6 Å². The van der Waals surface area contributed by atoms with Crippen molar-refractivity contribution in [1.82, 2.24) is 0 Å². The zero-order valence-electron chi connectivity index (χ0n) is 14.6. The first-order valence-electron chi connectivity index (χ1n) is 8.56. The molecule has 26 heavy (non-hydrogen) atoms. The number of methoxy groups -OCH3 is 2. The quantitative estimate of drug-likeness (QED) is 0.761. The van der Waals surface area contributed by atoms with Crippen LogP contribution in [0.3, 0.4) is 0 Å². The molecule has 0 heterocycles. The number of fused-ring (bicyclic) bond motifs is 1. The molecule has 2 aliphatic carbocycles. The highest BCUT2D eigenvalue weighted by molar-refractivity contribution is 5.82. The molecule has 3 rings (SSSR count). The maximum Gasteiger partial charge on any atom is 0.416 e. The highest BCUT2D eigenvalue weighted by Crippen LogP contribution is 2.60. The largest absolute Gasteiger partial charge is 0.469 e. The van der Waals surface area contributed by atoms with Crippen LogP contribution >= 0.6 is 0 Å². The molecular formula is C19H21F3O4. The normalized spacial score (nSPS) is 30.7. The smallest absolute Gasteiger partial charge is 0.416 e. The van der Waals surface area contributed by atoms with Crippen LogP contribution in [0.1, 0.15) is 36.8 Å². The number of alkyl halides is 3. The molecule has 0 spiro atoms. The first-order chi connectivity index (χ1) is 12.2. The van der Waals surface area contributed by atoms with Gasteiger partial charge in [-0.15, -0.1) is 0 Å². The van der Waals surface area contributed by atoms with Gasteiger partial charge < -0.3 is 9.47 Å². The summed E-state index contributed by atoms with van der Waals surface area (Å²) in [6.07, 6.45) is -2.19. The Morgan fingerprint density at radius 2 is 1.77 bits per heavy atom. The second-order valence-corrected chi connectivity index (χ2v) is 7.17. The van der Waals surface area contributed by atoms with E-state index in [4.69, 9.17) is 9.47 Å². The van der Waals surface area contributed by atoms with Crippen LogP contribution in [0, 0.1) is 17.8 Å². The van der Waals surface area contributed by atoms with Crippen LogP contribution in [0.2, 0.25) is 0 Å². The molecule has 4 nitrogen and oxygen atoms in total. The van der Waals surface area contributed by atoms with E-state index in [1.807, 2.05) is 0 Å². The lowest BCUT2D eigenvalue weighted by Gasteiger charge is -2.56. The minimum absolute atomic E-state index is 0.0518. The number of carbonyl (C=O) groups excluding carboxylic acids is 2. The van der Waals surface area contributed by atoms with Gasteiger partial charge in [-0.3, -0.25) is 9.59 Å². The lowest BCUT2D eigenvalue weighted by molar-refractivity contribution is -0.165. The molecule has 142 valence electrons. The van der Waals surface area contributed by atoms with Gasteiger partial charge in [0.1, 0.15) is 0 Å². The summed E-state index contributed by atoms with van der Waals surface area (Å²) in [5, 5.41) is 0. The molecule has 0 bridgehead atoms. The number of esters is 2. The molecule has 0 radical (unpaired) electrons. The maximum atomic E-state index is 13.1. The van der Waals surface area contributed by atoms with Crippen molar-refractivity contribution in [2.24, 2.45) is 17.8 Å². The van der Waals surface area contributed by atoms with Gasteiger partial charge in [0, 0.05) is 0 Å². The van der Waals surface area contributed by atoms with Crippen molar-refractivity contribution in [3.63, 3.8) is 0 Å². The standard InChI is InChI=1S/C19H21F3O4/c1-25-16(23)14-9-12-6-7-18(12,10-15(14)17(24)26-2)11-4-3-5-13(8-11)19(20,21)22/h3-5,8,12,14-15H,6-7,9-10H2,1-2H3/t12?,14-,15?,18?/m0/s1. The summed E-state index contributed by atoms with van der Waals surface area (Å²) in [5.74, 6) is -2.26. The average molecular weight is 370 g/mol. The predicted octanol–water partition coefficient (Wildman–Crippen LogP) is 3.73. The van der Waals surface area contributed by atoms with Gasteiger partial charge in [0.15, 0.2) is 0 Å². The monoisotopic (exact) mass is 370 g/mol. The van der Waals surface area contributed by atoms with E-state index in [-0.39, 0.29) is 5.92 Å². The van der Waals surface area contributed by atoms with Gasteiger partial charge in [0.25, 0.3) is 0 Å². The molecule has 0 N–H and O–H groups in total. The third kappa shape index (κ3) is 2.97. The highest BCUT2D eigenvalue weighted by Gasteiger charge is 2.57. The van der Waals surface area contributed by atoms with Crippen LogP contribution < -0.4 is 0 Å². The Labute approximate surface area is 149 Å². The van der Waals surface area contributed by atoms with Gasteiger partial charge in [-0.05, 0) is 48.6 Å². The lowest BCUT2D eigenvalue weighted by atomic mass is 9.47. The predicted molar refractivity (Wildman–Crippen MR) is 86.1 cm³/mol. The van der Waals surface area contributed by atoms with Crippen molar-refractivity contribution in [2.75, 3.05) is 14.2 Å². The fourth-order valence-corrected chi connectivity index (χ4v) is 4.63. The zero-order valence-corrected chi connectivity index (χ0v) is 14.6. The summed E-state index contributed by atoms with van der Waals surface area (Å²) in [7, 11) is 2.52. The number of benzene rings is 1. The Kier molecular flexibility index (Phi) is 4.75. The number of hydrogen-bond acceptors (Lipinski definition) is 4. The summed E-state index contributed by atoms with van der Waals surface area (Å²) < 4.78 is 49.0. The van der Waals surface area contributed by atoms with Gasteiger partial charge in [-0.1, -0.05) is 18.2 Å². The number of rotatable bonds is 3. The van der Waals surface area contributed by atoms with Crippen molar-refractivity contribution in [1.29, 1.82) is 0 Å². The Hall–Kier alpha value is -2.05. The van der Waals surface area contributed by atoms with Crippen molar-refractivity contribution in [2.45, 2.75) is 37.3 Å². The summed E-state index contributed by atoms with van der Waals surface area (Å²) in [6, 6.07) is 5.32. The van der Waals surface area contributed by atoms with Crippen LogP contribution in [0.5, 0.6) is 0 Å². The molecule has 0 saturated heterocycles. The third-order valence-electron chi connectivity index (χ3n) is 6.10. The van der Waals surface area contributed by atoms with Gasteiger partial charge in [-0.25, -0.2) is 0 Å². The van der Waals surface area contributed by atoms with Crippen molar-refractivity contribution >= 4 is 11.9 Å². The highest BCUT2D eigenvalue weighted by atomic mass is 19.4. The first-order valence-corrected chi connectivity index (χ1v) is 8.56. The molecule has 2 saturated carbocycles. The van der Waals surface area contributed by atoms with E-state index in [2.05, 4.69) is 0 Å². The molecule has 7 heteroatoms. The summed E-state index contributed by atoms with van der Waals surface area (Å²) in [4.78, 5) is 24.4. The maximum absolute atomic E-state index is 13.1. The van der Waals surface area contributed by atoms with Crippen LogP contribution in [0.15, 0.2) is 24.3 Å². The second-order valence-electron chi connectivity index (χ2n) is 7.17. The summed E-state index contributed by atoms with van der Waals surface area (Å²) >= 11 is 0. The van der Waals surface area contributed by atoms with E-state index in [1.54, 1.807) is 6.07 Å². The summed E-state index contributed by atoms with van der Waals surface area (Å²) in [5.41, 5.74) is -0.634. The van der Waals surface area contributed by atoms with Gasteiger partial charge >= 0.3 is 18.1 Å². The van der Waals surface area contributed by atoms with Gasteiger partial charge in [-0.2, -0.15) is 13.2 Å². The number of ether oxygens (including phenoxy) is 2. The van der Waals surface area contributed by atoms with Crippen LogP contribution in [0.25, 0.3) is 0 Å². The van der Waals surface area contributed by atoms with Crippen LogP contribution in [-0.2, 0) is 30.7 Å². The molecule has 1 aromatic rings. The van der Waals surface area contributed by atoms with Crippen LogP contribution in [-0.4, -0.2) is 26.2 Å². The van der Waals surface area contributed by atoms with E-state index >= 15 is 0 Å². The second kappa shape index (κ2) is 6.59. The molecule has 4 atom stereocenters. The lowest BCUT2D eigenvalue weighted by Crippen LogP contribution is -2.54. The molecule has 0 aliphatic heterocycles. The third-order valence-corrected chi connectivity index (χ3v) is 6.10. The number of hydrogen-bond donors (Lipinski definition) is 0. The Morgan fingerprint density at radius 1 is 1.12 bits per heavy atom. The van der Waals surface area contributed by atoms with E-state index in [0.29, 0.717) is 24.8 Å². The summed E-state index contributed by atoms with van der Waals surface area (Å²) in [6.45, 7) is 0. The van der Waals surface area contributed by atoms with E-state index in [1.165, 1.54) is 26.4 Å². The number of carbonyl (C=O) groups is 2. The number of halogens is 3. The minimum atomic E-state index is -4.42. The molecule has 0 aromatic heterocycles. The van der Waals surface area contributed by atoms with Crippen molar-refractivity contribution in [3.8, 4) is 0 Å². The average Bonchev–Trinajstić information content (AvgIpc) is 2.61. The molecule has 2 fully saturated rings. The molecule has 3 unspecified atom stereocenters. The van der Waals surface area contributed by atoms with Gasteiger partial charge in [0.2, 0.25) is 0 Å². The molecule has 0 amide bonds.